The smallest absolute Gasteiger partial charge is 0.317 e. The first-order valence-electron chi connectivity index (χ1n) is 5.61. The van der Waals surface area contributed by atoms with E-state index in [-0.39, 0.29) is 0 Å². The van der Waals surface area contributed by atoms with Crippen molar-refractivity contribution in [1.82, 2.24) is 0 Å². The summed E-state index contributed by atoms with van der Waals surface area (Å²) in [6.07, 6.45) is -0.428. The predicted octanol–water partition coefficient (Wildman–Crippen LogP) is 2.04. The van der Waals surface area contributed by atoms with Gasteiger partial charge in [0, 0.05) is 4.47 Å². The van der Waals surface area contributed by atoms with E-state index in [2.05, 4.69) is 15.9 Å². The molecule has 0 fully saturated rings. The molecule has 0 aliphatic heterocycles. The van der Waals surface area contributed by atoms with E-state index < -0.39 is 30.7 Å². The Balaban J connectivity index is 2.73. The molecule has 0 saturated heterocycles. The summed E-state index contributed by atoms with van der Waals surface area (Å²) in [5.41, 5.74) is -0.409. The van der Waals surface area contributed by atoms with Gasteiger partial charge in [-0.15, -0.1) is 0 Å². The van der Waals surface area contributed by atoms with E-state index in [0.29, 0.717) is 0 Å². The topological polar surface area (TPSA) is 66.8 Å². The summed E-state index contributed by atoms with van der Waals surface area (Å²) in [5, 5.41) is 18.2. The average molecular weight is 317 g/mol. The highest BCUT2D eigenvalue weighted by molar-refractivity contribution is 9.10. The highest BCUT2D eigenvalue weighted by Gasteiger charge is 2.34. The van der Waals surface area contributed by atoms with Crippen LogP contribution in [0.1, 0.15) is 25.5 Å². The van der Waals surface area contributed by atoms with Gasteiger partial charge in [-0.05, 0) is 31.5 Å². The zero-order valence-electron chi connectivity index (χ0n) is 10.4. The number of hydrogen-bond acceptors (Lipinski definition) is 4. The Kier molecular flexibility index (Phi) is 5.31. The average Bonchev–Trinajstić information content (AvgIpc) is 2.38. The Morgan fingerprint density at radius 2 is 1.83 bits per heavy atom. The van der Waals surface area contributed by atoms with E-state index in [0.717, 1.165) is 10.0 Å². The van der Waals surface area contributed by atoms with Crippen molar-refractivity contribution < 1.29 is 19.7 Å². The van der Waals surface area contributed by atoms with Gasteiger partial charge in [0.2, 0.25) is 0 Å². The van der Waals surface area contributed by atoms with Gasteiger partial charge in [-0.3, -0.25) is 4.79 Å². The number of carbonyl (C=O) groups is 1. The van der Waals surface area contributed by atoms with Gasteiger partial charge in [-0.2, -0.15) is 0 Å². The molecule has 2 N–H and O–H groups in total. The molecule has 4 nitrogen and oxygen atoms in total. The van der Waals surface area contributed by atoms with Crippen molar-refractivity contribution in [2.24, 2.45) is 5.41 Å². The van der Waals surface area contributed by atoms with Crippen molar-refractivity contribution in [3.05, 3.63) is 34.3 Å². The van der Waals surface area contributed by atoms with Crippen molar-refractivity contribution in [3.8, 4) is 0 Å². The lowest BCUT2D eigenvalue weighted by molar-refractivity contribution is -0.165. The second-order valence-electron chi connectivity index (χ2n) is 4.48. The number of aliphatic hydroxyl groups is 2. The van der Waals surface area contributed by atoms with Crippen LogP contribution in [0.15, 0.2) is 28.7 Å². The number of halogens is 1. The molecule has 1 atom stereocenters. The van der Waals surface area contributed by atoms with Crippen molar-refractivity contribution in [1.29, 1.82) is 0 Å². The lowest BCUT2D eigenvalue weighted by atomic mass is 9.93. The summed E-state index contributed by atoms with van der Waals surface area (Å²) in [6, 6.07) is 7.41. The van der Waals surface area contributed by atoms with Crippen LogP contribution in [0.4, 0.5) is 0 Å². The van der Waals surface area contributed by atoms with E-state index in [9.17, 15) is 4.79 Å². The highest BCUT2D eigenvalue weighted by atomic mass is 79.9. The summed E-state index contributed by atoms with van der Waals surface area (Å²) >= 11 is 3.33. The molecule has 0 amide bonds. The lowest BCUT2D eigenvalue weighted by Gasteiger charge is -2.25. The standard InChI is InChI=1S/C13H17BrO4/c1-9(10-3-5-11(14)6-4-10)18-12(17)13(2,7-15)8-16/h3-6,9,15-16H,7-8H2,1-2H3. The molecule has 0 spiro atoms. The summed E-state index contributed by atoms with van der Waals surface area (Å²) in [5.74, 6) is -0.608. The monoisotopic (exact) mass is 316 g/mol. The second kappa shape index (κ2) is 6.31. The SMILES string of the molecule is CC(OC(=O)C(C)(CO)CO)c1ccc(Br)cc1. The quantitative estimate of drug-likeness (QED) is 0.816. The number of benzene rings is 1. The molecule has 0 aliphatic rings. The fraction of sp³-hybridized carbons (Fsp3) is 0.462. The van der Waals surface area contributed by atoms with Crippen molar-refractivity contribution in [3.63, 3.8) is 0 Å². The molecule has 5 heteroatoms. The zero-order valence-corrected chi connectivity index (χ0v) is 12.0. The van der Waals surface area contributed by atoms with Crippen LogP contribution >= 0.6 is 15.9 Å². The molecule has 1 aromatic carbocycles. The third kappa shape index (κ3) is 3.54. The largest absolute Gasteiger partial charge is 0.457 e. The Bertz CT molecular complexity index is 398. The Labute approximate surface area is 115 Å². The van der Waals surface area contributed by atoms with Gasteiger partial charge >= 0.3 is 5.97 Å². The fourth-order valence-electron chi connectivity index (χ4n) is 1.28. The van der Waals surface area contributed by atoms with Crippen molar-refractivity contribution in [2.75, 3.05) is 13.2 Å². The fourth-order valence-corrected chi connectivity index (χ4v) is 1.55. The van der Waals surface area contributed by atoms with Gasteiger partial charge in [0.1, 0.15) is 11.5 Å². The number of aliphatic hydroxyl groups excluding tert-OH is 2. The van der Waals surface area contributed by atoms with E-state index in [4.69, 9.17) is 14.9 Å². The van der Waals surface area contributed by atoms with E-state index in [1.807, 2.05) is 24.3 Å². The molecule has 0 bridgehead atoms. The Morgan fingerprint density at radius 1 is 1.33 bits per heavy atom. The second-order valence-corrected chi connectivity index (χ2v) is 5.39. The minimum Gasteiger partial charge on any atom is -0.457 e. The number of ether oxygens (including phenoxy) is 1. The molecule has 1 rings (SSSR count). The number of carbonyl (C=O) groups excluding carboxylic acids is 1. The maximum Gasteiger partial charge on any atom is 0.317 e. The maximum absolute atomic E-state index is 11.8. The number of esters is 1. The first-order valence-corrected chi connectivity index (χ1v) is 6.40. The normalized spacial score (nSPS) is 13.2. The van der Waals surface area contributed by atoms with E-state index >= 15 is 0 Å². The summed E-state index contributed by atoms with van der Waals surface area (Å²) in [6.45, 7) is 2.31. The van der Waals surface area contributed by atoms with Crippen LogP contribution in [0.25, 0.3) is 0 Å². The van der Waals surface area contributed by atoms with Crippen LogP contribution in [0, 0.1) is 5.41 Å². The predicted molar refractivity (Wildman–Crippen MR) is 70.9 cm³/mol. The zero-order chi connectivity index (χ0) is 13.8. The molecule has 18 heavy (non-hydrogen) atoms. The van der Waals surface area contributed by atoms with Gasteiger partial charge in [0.25, 0.3) is 0 Å². The van der Waals surface area contributed by atoms with Crippen molar-refractivity contribution >= 4 is 21.9 Å². The third-order valence-electron chi connectivity index (χ3n) is 2.81. The summed E-state index contributed by atoms with van der Waals surface area (Å²) in [7, 11) is 0. The number of rotatable bonds is 5. The first-order chi connectivity index (χ1) is 8.42. The van der Waals surface area contributed by atoms with Crippen LogP contribution in [0.3, 0.4) is 0 Å². The third-order valence-corrected chi connectivity index (χ3v) is 3.34. The van der Waals surface area contributed by atoms with E-state index in [1.165, 1.54) is 6.92 Å². The maximum atomic E-state index is 11.8. The Hall–Kier alpha value is -0.910. The van der Waals surface area contributed by atoms with Crippen molar-refractivity contribution in [2.45, 2.75) is 20.0 Å². The van der Waals surface area contributed by atoms with Gasteiger partial charge in [-0.25, -0.2) is 0 Å². The lowest BCUT2D eigenvalue weighted by Crippen LogP contribution is -2.37. The molecule has 0 saturated carbocycles. The molecular weight excluding hydrogens is 300 g/mol. The molecule has 1 unspecified atom stereocenters. The Morgan fingerprint density at radius 3 is 2.28 bits per heavy atom. The van der Waals surface area contributed by atoms with Crippen LogP contribution in [-0.4, -0.2) is 29.4 Å². The number of hydrogen-bond donors (Lipinski definition) is 2. The molecule has 1 aromatic rings. The van der Waals surface area contributed by atoms with Gasteiger partial charge in [0.15, 0.2) is 0 Å². The van der Waals surface area contributed by atoms with Crippen LogP contribution < -0.4 is 0 Å². The van der Waals surface area contributed by atoms with Gasteiger partial charge in [-0.1, -0.05) is 28.1 Å². The minimum absolute atomic E-state index is 0.428. The van der Waals surface area contributed by atoms with Gasteiger partial charge in [0.05, 0.1) is 13.2 Å². The van der Waals surface area contributed by atoms with Gasteiger partial charge < -0.3 is 14.9 Å². The first kappa shape index (κ1) is 15.1. The molecule has 100 valence electrons. The van der Waals surface area contributed by atoms with Crippen LogP contribution in [-0.2, 0) is 9.53 Å². The molecule has 0 heterocycles. The molecule has 0 radical (unpaired) electrons. The minimum atomic E-state index is -1.26. The summed E-state index contributed by atoms with van der Waals surface area (Å²) in [4.78, 5) is 11.8. The van der Waals surface area contributed by atoms with Crippen LogP contribution in [0.5, 0.6) is 0 Å². The van der Waals surface area contributed by atoms with E-state index in [1.54, 1.807) is 6.92 Å². The molecule has 0 aromatic heterocycles. The summed E-state index contributed by atoms with van der Waals surface area (Å²) < 4.78 is 6.19. The van der Waals surface area contributed by atoms with Crippen LogP contribution in [0.2, 0.25) is 0 Å². The molecule has 0 aliphatic carbocycles. The molecular formula is C13H17BrO4. The highest BCUT2D eigenvalue weighted by Crippen LogP contribution is 2.24.